The summed E-state index contributed by atoms with van der Waals surface area (Å²) in [6.45, 7) is 7.77. The average molecular weight is 468 g/mol. The zero-order chi connectivity index (χ0) is 24.8. The number of aromatic nitrogens is 3. The number of para-hydroxylation sites is 1. The fraction of sp³-hybridized carbons (Fsp3) is 0.185. The van der Waals surface area contributed by atoms with Gasteiger partial charge < -0.3 is 21.3 Å². The van der Waals surface area contributed by atoms with Gasteiger partial charge in [0.1, 0.15) is 6.04 Å². The molecule has 0 fully saturated rings. The van der Waals surface area contributed by atoms with E-state index >= 15 is 0 Å². The van der Waals surface area contributed by atoms with Crippen LogP contribution in [0.1, 0.15) is 23.6 Å². The number of nitrogens with zero attached hydrogens (tertiary/aromatic N) is 3. The van der Waals surface area contributed by atoms with E-state index in [1.54, 1.807) is 6.92 Å². The quantitative estimate of drug-likeness (QED) is 0.263. The van der Waals surface area contributed by atoms with Crippen LogP contribution < -0.4 is 21.3 Å². The van der Waals surface area contributed by atoms with Crippen molar-refractivity contribution in [2.24, 2.45) is 0 Å². The molecular weight excluding hydrogens is 438 g/mol. The molecule has 178 valence electrons. The van der Waals surface area contributed by atoms with Crippen molar-refractivity contribution in [3.8, 4) is 0 Å². The maximum absolute atomic E-state index is 12.8. The Hall–Kier alpha value is -4.46. The maximum atomic E-state index is 12.8. The molecule has 1 atom stereocenters. The number of nitrogens with one attached hydrogen (secondary N) is 4. The van der Waals surface area contributed by atoms with Gasteiger partial charge in [0.2, 0.25) is 23.8 Å². The van der Waals surface area contributed by atoms with Crippen LogP contribution in [0.5, 0.6) is 0 Å². The van der Waals surface area contributed by atoms with E-state index in [-0.39, 0.29) is 11.9 Å². The minimum Gasteiger partial charge on any atom is -0.342 e. The van der Waals surface area contributed by atoms with E-state index in [1.807, 2.05) is 93.6 Å². The van der Waals surface area contributed by atoms with Crippen molar-refractivity contribution in [3.63, 3.8) is 0 Å². The van der Waals surface area contributed by atoms with Gasteiger partial charge in [0.25, 0.3) is 0 Å². The van der Waals surface area contributed by atoms with Crippen LogP contribution in [0.2, 0.25) is 0 Å². The van der Waals surface area contributed by atoms with Crippen LogP contribution in [0.3, 0.4) is 0 Å². The number of carbonyl (C=O) groups excluding carboxylic acids is 1. The monoisotopic (exact) mass is 467 g/mol. The third kappa shape index (κ3) is 6.54. The third-order valence-electron chi connectivity index (χ3n) is 5.39. The van der Waals surface area contributed by atoms with Crippen LogP contribution in [-0.2, 0) is 4.79 Å². The first-order valence-electron chi connectivity index (χ1n) is 11.4. The Balaban J connectivity index is 1.56. The van der Waals surface area contributed by atoms with Crippen LogP contribution in [0.15, 0.2) is 72.8 Å². The van der Waals surface area contributed by atoms with Gasteiger partial charge in [-0.05, 0) is 63.6 Å². The van der Waals surface area contributed by atoms with Crippen molar-refractivity contribution in [2.75, 3.05) is 21.3 Å². The molecular formula is C27H29N7O. The summed E-state index contributed by atoms with van der Waals surface area (Å²) in [5.74, 6) is 0.789. The molecule has 8 nitrogen and oxygen atoms in total. The highest BCUT2D eigenvalue weighted by Gasteiger charge is 2.17. The van der Waals surface area contributed by atoms with Gasteiger partial charge in [-0.1, -0.05) is 53.6 Å². The molecule has 0 unspecified atom stereocenters. The second kappa shape index (κ2) is 10.6. The number of hydrogen-bond acceptors (Lipinski definition) is 7. The van der Waals surface area contributed by atoms with Crippen molar-refractivity contribution in [2.45, 2.75) is 33.7 Å². The molecule has 0 saturated carbocycles. The second-order valence-electron chi connectivity index (χ2n) is 8.46. The van der Waals surface area contributed by atoms with E-state index < -0.39 is 6.04 Å². The molecule has 4 N–H and O–H groups in total. The lowest BCUT2D eigenvalue weighted by molar-refractivity contribution is -0.116. The Morgan fingerprint density at radius 2 is 1.17 bits per heavy atom. The summed E-state index contributed by atoms with van der Waals surface area (Å²) in [6, 6.07) is 22.9. The van der Waals surface area contributed by atoms with Gasteiger partial charge in [0, 0.05) is 17.1 Å². The number of amides is 1. The molecule has 35 heavy (non-hydrogen) atoms. The number of benzene rings is 3. The second-order valence-corrected chi connectivity index (χ2v) is 8.46. The number of hydrogen-bond donors (Lipinski definition) is 4. The Kier molecular flexibility index (Phi) is 7.21. The number of aryl methyl sites for hydroxylation is 3. The Labute approximate surface area is 205 Å². The van der Waals surface area contributed by atoms with Gasteiger partial charge >= 0.3 is 0 Å². The predicted octanol–water partition coefficient (Wildman–Crippen LogP) is 5.72. The third-order valence-corrected chi connectivity index (χ3v) is 5.39. The lowest BCUT2D eigenvalue weighted by Crippen LogP contribution is -2.33. The standard InChI is InChI=1S/C27H29N7O/c1-17-9-13-21(14-10-17)29-26-32-25(33-27(34-26)30-22-15-11-18(2)12-16-22)28-20(4)24(35)31-23-8-6-5-7-19(23)3/h5-16,20H,1-4H3,(H,31,35)(H3,28,29,30,32,33,34)/t20-/m0/s1. The van der Waals surface area contributed by atoms with E-state index in [1.165, 1.54) is 0 Å². The number of anilines is 6. The maximum Gasteiger partial charge on any atom is 0.246 e. The Bertz CT molecular complexity index is 1240. The van der Waals surface area contributed by atoms with Crippen LogP contribution in [0, 0.1) is 20.8 Å². The molecule has 0 bridgehead atoms. The molecule has 1 heterocycles. The van der Waals surface area contributed by atoms with Gasteiger partial charge in [0.15, 0.2) is 0 Å². The first-order valence-corrected chi connectivity index (χ1v) is 11.4. The fourth-order valence-corrected chi connectivity index (χ4v) is 3.30. The van der Waals surface area contributed by atoms with Gasteiger partial charge in [-0.15, -0.1) is 0 Å². The van der Waals surface area contributed by atoms with E-state index in [4.69, 9.17) is 0 Å². The van der Waals surface area contributed by atoms with Crippen LogP contribution >= 0.6 is 0 Å². The molecule has 0 spiro atoms. The molecule has 8 heteroatoms. The first-order chi connectivity index (χ1) is 16.9. The predicted molar refractivity (Wildman–Crippen MR) is 142 cm³/mol. The molecule has 0 aliphatic carbocycles. The summed E-state index contributed by atoms with van der Waals surface area (Å²) in [6.07, 6.45) is 0. The van der Waals surface area contributed by atoms with Gasteiger partial charge in [-0.2, -0.15) is 15.0 Å². The normalized spacial score (nSPS) is 11.4. The van der Waals surface area contributed by atoms with E-state index in [0.29, 0.717) is 11.9 Å². The largest absolute Gasteiger partial charge is 0.342 e. The molecule has 0 saturated heterocycles. The highest BCUT2D eigenvalue weighted by Crippen LogP contribution is 2.20. The van der Waals surface area contributed by atoms with Gasteiger partial charge in [-0.25, -0.2) is 0 Å². The average Bonchev–Trinajstić information content (AvgIpc) is 2.83. The smallest absolute Gasteiger partial charge is 0.246 e. The van der Waals surface area contributed by atoms with Crippen molar-refractivity contribution >= 4 is 40.8 Å². The highest BCUT2D eigenvalue weighted by molar-refractivity contribution is 5.96. The zero-order valence-electron chi connectivity index (χ0n) is 20.3. The zero-order valence-corrected chi connectivity index (χ0v) is 20.3. The van der Waals surface area contributed by atoms with Crippen molar-refractivity contribution in [1.82, 2.24) is 15.0 Å². The van der Waals surface area contributed by atoms with E-state index in [9.17, 15) is 4.79 Å². The molecule has 0 aliphatic heterocycles. The first kappa shape index (κ1) is 23.7. The molecule has 3 aromatic carbocycles. The van der Waals surface area contributed by atoms with Gasteiger partial charge in [0.05, 0.1) is 0 Å². The summed E-state index contributed by atoms with van der Waals surface area (Å²) < 4.78 is 0. The summed E-state index contributed by atoms with van der Waals surface area (Å²) in [7, 11) is 0. The highest BCUT2D eigenvalue weighted by atomic mass is 16.2. The van der Waals surface area contributed by atoms with E-state index in [0.717, 1.165) is 33.8 Å². The minimum absolute atomic E-state index is 0.194. The summed E-state index contributed by atoms with van der Waals surface area (Å²) in [4.78, 5) is 26.3. The molecule has 0 radical (unpaired) electrons. The van der Waals surface area contributed by atoms with Crippen molar-refractivity contribution in [3.05, 3.63) is 89.5 Å². The lowest BCUT2D eigenvalue weighted by Gasteiger charge is -2.16. The summed E-state index contributed by atoms with van der Waals surface area (Å²) in [5.41, 5.74) is 5.76. The van der Waals surface area contributed by atoms with Crippen LogP contribution in [0.25, 0.3) is 0 Å². The SMILES string of the molecule is Cc1ccc(Nc2nc(Nc3ccc(C)cc3)nc(N[C@@H](C)C(=O)Nc3ccccc3C)n2)cc1. The summed E-state index contributed by atoms with van der Waals surface area (Å²) >= 11 is 0. The Morgan fingerprint density at radius 1 is 0.686 bits per heavy atom. The molecule has 4 aromatic rings. The van der Waals surface area contributed by atoms with E-state index in [2.05, 4.69) is 36.2 Å². The van der Waals surface area contributed by atoms with Gasteiger partial charge in [-0.3, -0.25) is 4.79 Å². The van der Waals surface area contributed by atoms with Crippen LogP contribution in [-0.4, -0.2) is 26.9 Å². The van der Waals surface area contributed by atoms with Crippen molar-refractivity contribution in [1.29, 1.82) is 0 Å². The lowest BCUT2D eigenvalue weighted by atomic mass is 10.2. The molecule has 4 rings (SSSR count). The Morgan fingerprint density at radius 3 is 1.69 bits per heavy atom. The number of rotatable bonds is 8. The topological polar surface area (TPSA) is 104 Å². The van der Waals surface area contributed by atoms with Crippen molar-refractivity contribution < 1.29 is 4.79 Å². The van der Waals surface area contributed by atoms with Crippen LogP contribution in [0.4, 0.5) is 34.9 Å². The fourth-order valence-electron chi connectivity index (χ4n) is 3.30. The molecule has 0 aliphatic rings. The molecule has 1 aromatic heterocycles. The minimum atomic E-state index is -0.587. The molecule has 1 amide bonds. The number of carbonyl (C=O) groups is 1. The summed E-state index contributed by atoms with van der Waals surface area (Å²) in [5, 5.41) is 12.5.